The van der Waals surface area contributed by atoms with E-state index < -0.39 is 9.84 Å². The lowest BCUT2D eigenvalue weighted by atomic mass is 10.0. The highest BCUT2D eigenvalue weighted by atomic mass is 32.2. The van der Waals surface area contributed by atoms with Crippen molar-refractivity contribution in [2.45, 2.75) is 31.3 Å². The van der Waals surface area contributed by atoms with Gasteiger partial charge in [-0.1, -0.05) is 12.1 Å². The molecule has 2 heterocycles. The minimum Gasteiger partial charge on any atom is -0.351 e. The molecule has 2 saturated heterocycles. The third kappa shape index (κ3) is 4.09. The number of carbonyl (C=O) groups is 1. The van der Waals surface area contributed by atoms with Crippen molar-refractivity contribution in [3.05, 3.63) is 35.6 Å². The van der Waals surface area contributed by atoms with Gasteiger partial charge in [-0.2, -0.15) is 0 Å². The van der Waals surface area contributed by atoms with Crippen LogP contribution in [0.3, 0.4) is 0 Å². The molecule has 1 amide bonds. The first-order chi connectivity index (χ1) is 10.9. The van der Waals surface area contributed by atoms with Gasteiger partial charge in [0.15, 0.2) is 9.84 Å². The van der Waals surface area contributed by atoms with Crippen LogP contribution in [0.25, 0.3) is 0 Å². The van der Waals surface area contributed by atoms with Crippen molar-refractivity contribution in [1.82, 2.24) is 10.2 Å². The molecule has 2 aliphatic heterocycles. The van der Waals surface area contributed by atoms with Crippen LogP contribution in [0.1, 0.15) is 30.9 Å². The fraction of sp³-hybridized carbons (Fsp3) is 0.562. The van der Waals surface area contributed by atoms with Crippen molar-refractivity contribution in [2.75, 3.05) is 24.6 Å². The van der Waals surface area contributed by atoms with Crippen molar-refractivity contribution in [3.63, 3.8) is 0 Å². The minimum atomic E-state index is -2.99. The standard InChI is InChI=1S/C16H21FN2O3S/c17-13-5-3-12(4-6-13)15-2-1-8-19(15)10-16(20)18-14-7-9-23(21,22)11-14/h3-6,14-15H,1-2,7-11H2,(H,18,20)/t14-,15+/m1/s1. The SMILES string of the molecule is O=C(CN1CCC[C@H]1c1ccc(F)cc1)N[C@@H]1CCS(=O)(=O)C1. The van der Waals surface area contributed by atoms with E-state index in [1.807, 2.05) is 0 Å². The highest BCUT2D eigenvalue weighted by Crippen LogP contribution is 2.31. The molecule has 1 aromatic rings. The molecule has 0 saturated carbocycles. The number of carbonyl (C=O) groups excluding carboxylic acids is 1. The molecule has 2 aliphatic rings. The number of hydrogen-bond donors (Lipinski definition) is 1. The van der Waals surface area contributed by atoms with Crippen LogP contribution >= 0.6 is 0 Å². The number of hydrogen-bond acceptors (Lipinski definition) is 4. The third-order valence-corrected chi connectivity index (χ3v) is 6.33. The normalized spacial score (nSPS) is 27.2. The summed E-state index contributed by atoms with van der Waals surface area (Å²) >= 11 is 0. The number of rotatable bonds is 4. The summed E-state index contributed by atoms with van der Waals surface area (Å²) in [6.07, 6.45) is 2.43. The number of nitrogens with zero attached hydrogens (tertiary/aromatic N) is 1. The molecule has 0 aliphatic carbocycles. The van der Waals surface area contributed by atoms with Crippen molar-refractivity contribution in [1.29, 1.82) is 0 Å². The van der Waals surface area contributed by atoms with Gasteiger partial charge in [-0.3, -0.25) is 9.69 Å². The molecular formula is C16H21FN2O3S. The number of benzene rings is 1. The summed E-state index contributed by atoms with van der Waals surface area (Å²) in [5.74, 6) is -0.209. The molecule has 0 radical (unpaired) electrons. The summed E-state index contributed by atoms with van der Waals surface area (Å²) in [6.45, 7) is 1.07. The van der Waals surface area contributed by atoms with Gasteiger partial charge in [0.25, 0.3) is 0 Å². The van der Waals surface area contributed by atoms with Crippen LogP contribution in [-0.2, 0) is 14.6 Å². The topological polar surface area (TPSA) is 66.5 Å². The highest BCUT2D eigenvalue weighted by molar-refractivity contribution is 7.91. The predicted octanol–water partition coefficient (Wildman–Crippen LogP) is 1.27. The first-order valence-corrected chi connectivity index (χ1v) is 9.74. The van der Waals surface area contributed by atoms with Gasteiger partial charge in [0.1, 0.15) is 5.82 Å². The van der Waals surface area contributed by atoms with E-state index in [0.29, 0.717) is 6.42 Å². The van der Waals surface area contributed by atoms with Crippen LogP contribution in [0.5, 0.6) is 0 Å². The fourth-order valence-electron chi connectivity index (χ4n) is 3.44. The maximum Gasteiger partial charge on any atom is 0.234 e. The highest BCUT2D eigenvalue weighted by Gasteiger charge is 2.31. The van der Waals surface area contributed by atoms with E-state index in [4.69, 9.17) is 0 Å². The molecule has 2 fully saturated rings. The lowest BCUT2D eigenvalue weighted by Crippen LogP contribution is -2.42. The van der Waals surface area contributed by atoms with Crippen molar-refractivity contribution in [2.24, 2.45) is 0 Å². The zero-order valence-electron chi connectivity index (χ0n) is 12.9. The Balaban J connectivity index is 1.58. The lowest BCUT2D eigenvalue weighted by Gasteiger charge is -2.25. The molecule has 2 atom stereocenters. The van der Waals surface area contributed by atoms with Crippen LogP contribution in [-0.4, -0.2) is 49.9 Å². The minimum absolute atomic E-state index is 0.0418. The van der Waals surface area contributed by atoms with Crippen LogP contribution in [0.15, 0.2) is 24.3 Å². The summed E-state index contributed by atoms with van der Waals surface area (Å²) in [6, 6.07) is 6.26. The fourth-order valence-corrected chi connectivity index (χ4v) is 5.12. The van der Waals surface area contributed by atoms with Gasteiger partial charge in [0, 0.05) is 12.1 Å². The largest absolute Gasteiger partial charge is 0.351 e. The van der Waals surface area contributed by atoms with E-state index in [1.54, 1.807) is 12.1 Å². The Bertz CT molecular complexity index is 675. The molecule has 7 heteroatoms. The Hall–Kier alpha value is -1.47. The van der Waals surface area contributed by atoms with Crippen LogP contribution in [0.4, 0.5) is 4.39 Å². The predicted molar refractivity (Wildman–Crippen MR) is 85.1 cm³/mol. The van der Waals surface area contributed by atoms with Gasteiger partial charge in [-0.25, -0.2) is 12.8 Å². The molecule has 126 valence electrons. The van der Waals surface area contributed by atoms with Gasteiger partial charge in [0.05, 0.1) is 18.1 Å². The van der Waals surface area contributed by atoms with E-state index >= 15 is 0 Å². The van der Waals surface area contributed by atoms with E-state index in [1.165, 1.54) is 12.1 Å². The number of sulfone groups is 1. The molecule has 0 aromatic heterocycles. The zero-order valence-corrected chi connectivity index (χ0v) is 13.7. The number of likely N-dealkylation sites (tertiary alicyclic amines) is 1. The average molecular weight is 340 g/mol. The molecule has 23 heavy (non-hydrogen) atoms. The van der Waals surface area contributed by atoms with E-state index in [-0.39, 0.29) is 41.9 Å². The van der Waals surface area contributed by atoms with Gasteiger partial charge in [0.2, 0.25) is 5.91 Å². The molecule has 0 bridgehead atoms. The van der Waals surface area contributed by atoms with Gasteiger partial charge in [-0.15, -0.1) is 0 Å². The summed E-state index contributed by atoms with van der Waals surface area (Å²) in [5, 5.41) is 2.82. The van der Waals surface area contributed by atoms with Crippen molar-refractivity contribution < 1.29 is 17.6 Å². The summed E-state index contributed by atoms with van der Waals surface area (Å²) in [4.78, 5) is 14.3. The van der Waals surface area contributed by atoms with Gasteiger partial charge < -0.3 is 5.32 Å². The second kappa shape index (κ2) is 6.57. The van der Waals surface area contributed by atoms with E-state index in [2.05, 4.69) is 10.2 Å². The Morgan fingerprint density at radius 1 is 1.26 bits per heavy atom. The number of nitrogens with one attached hydrogen (secondary N) is 1. The lowest BCUT2D eigenvalue weighted by molar-refractivity contribution is -0.123. The van der Waals surface area contributed by atoms with Gasteiger partial charge in [-0.05, 0) is 43.5 Å². The smallest absolute Gasteiger partial charge is 0.234 e. The summed E-state index contributed by atoms with van der Waals surface area (Å²) in [7, 11) is -2.99. The first kappa shape index (κ1) is 16.4. The average Bonchev–Trinajstić information content (AvgIpc) is 3.06. The van der Waals surface area contributed by atoms with E-state index in [0.717, 1.165) is 24.9 Å². The first-order valence-electron chi connectivity index (χ1n) is 7.92. The monoisotopic (exact) mass is 340 g/mol. The Kier molecular flexibility index (Phi) is 4.68. The van der Waals surface area contributed by atoms with Crippen molar-refractivity contribution >= 4 is 15.7 Å². The number of halogens is 1. The molecule has 1 N–H and O–H groups in total. The zero-order chi connectivity index (χ0) is 16.4. The molecule has 0 spiro atoms. The Morgan fingerprint density at radius 3 is 2.65 bits per heavy atom. The van der Waals surface area contributed by atoms with Crippen LogP contribution in [0.2, 0.25) is 0 Å². The molecule has 5 nitrogen and oxygen atoms in total. The van der Waals surface area contributed by atoms with Crippen molar-refractivity contribution in [3.8, 4) is 0 Å². The molecular weight excluding hydrogens is 319 g/mol. The second-order valence-electron chi connectivity index (χ2n) is 6.35. The number of amides is 1. The summed E-state index contributed by atoms with van der Waals surface area (Å²) < 4.78 is 35.9. The molecule has 0 unspecified atom stereocenters. The third-order valence-electron chi connectivity index (χ3n) is 4.56. The molecule has 3 rings (SSSR count). The van der Waals surface area contributed by atoms with Gasteiger partial charge >= 0.3 is 0 Å². The Labute approximate surface area is 135 Å². The maximum atomic E-state index is 13.0. The molecule has 1 aromatic carbocycles. The quantitative estimate of drug-likeness (QED) is 0.896. The summed E-state index contributed by atoms with van der Waals surface area (Å²) in [5.41, 5.74) is 1.01. The van der Waals surface area contributed by atoms with Crippen LogP contribution in [0, 0.1) is 5.82 Å². The van der Waals surface area contributed by atoms with Crippen LogP contribution < -0.4 is 5.32 Å². The second-order valence-corrected chi connectivity index (χ2v) is 8.58. The maximum absolute atomic E-state index is 13.0. The van der Waals surface area contributed by atoms with E-state index in [9.17, 15) is 17.6 Å². The Morgan fingerprint density at radius 2 is 2.00 bits per heavy atom.